The summed E-state index contributed by atoms with van der Waals surface area (Å²) in [7, 11) is 0. The SMILES string of the molecule is Cc1ccc(Cc2cc([C@]3(O)O[C@H](CO)[C@@H](O)[C@H](O)[C@H]3O)ccc2C#N)cc1. The maximum Gasteiger partial charge on any atom is 0.222 e. The van der Waals surface area contributed by atoms with E-state index in [0.717, 1.165) is 11.1 Å². The summed E-state index contributed by atoms with van der Waals surface area (Å²) >= 11 is 0. The van der Waals surface area contributed by atoms with Crippen molar-refractivity contribution in [1.29, 1.82) is 5.26 Å². The van der Waals surface area contributed by atoms with Crippen LogP contribution in [0.1, 0.15) is 27.8 Å². The first-order chi connectivity index (χ1) is 13.3. The van der Waals surface area contributed by atoms with E-state index in [1.165, 1.54) is 18.2 Å². The molecule has 1 heterocycles. The molecule has 148 valence electrons. The Bertz CT molecular complexity index is 875. The third-order valence-electron chi connectivity index (χ3n) is 5.12. The van der Waals surface area contributed by atoms with Gasteiger partial charge in [0.2, 0.25) is 5.79 Å². The highest BCUT2D eigenvalue weighted by Gasteiger charge is 2.53. The van der Waals surface area contributed by atoms with Crippen LogP contribution in [0, 0.1) is 18.3 Å². The number of hydrogen-bond acceptors (Lipinski definition) is 7. The van der Waals surface area contributed by atoms with Crippen LogP contribution in [0.25, 0.3) is 0 Å². The summed E-state index contributed by atoms with van der Waals surface area (Å²) < 4.78 is 5.36. The number of rotatable bonds is 4. The molecule has 2 aromatic carbocycles. The molecule has 2 aromatic rings. The number of hydrogen-bond donors (Lipinski definition) is 5. The number of ether oxygens (including phenoxy) is 1. The molecule has 7 nitrogen and oxygen atoms in total. The molecular weight excluding hydrogens is 362 g/mol. The van der Waals surface area contributed by atoms with Crippen molar-refractivity contribution in [3.05, 3.63) is 70.3 Å². The normalized spacial score (nSPS) is 30.0. The maximum absolute atomic E-state index is 11.0. The first-order valence-corrected chi connectivity index (χ1v) is 8.94. The smallest absolute Gasteiger partial charge is 0.222 e. The minimum absolute atomic E-state index is 0.116. The number of aryl methyl sites for hydroxylation is 1. The summed E-state index contributed by atoms with van der Waals surface area (Å²) in [5, 5.41) is 60.0. The van der Waals surface area contributed by atoms with Gasteiger partial charge < -0.3 is 30.3 Å². The predicted octanol–water partition coefficient (Wildman–Crippen LogP) is 0.0764. The molecule has 0 bridgehead atoms. The third kappa shape index (κ3) is 3.66. The van der Waals surface area contributed by atoms with Gasteiger partial charge in [0.25, 0.3) is 0 Å². The molecule has 5 atom stereocenters. The van der Waals surface area contributed by atoms with Crippen molar-refractivity contribution in [1.82, 2.24) is 0 Å². The van der Waals surface area contributed by atoms with Crippen LogP contribution in [-0.4, -0.2) is 56.6 Å². The Hall–Kier alpha value is -2.31. The number of benzene rings is 2. The second kappa shape index (κ2) is 7.97. The van der Waals surface area contributed by atoms with Gasteiger partial charge >= 0.3 is 0 Å². The maximum atomic E-state index is 11.0. The lowest BCUT2D eigenvalue weighted by molar-refractivity contribution is -0.357. The molecule has 28 heavy (non-hydrogen) atoms. The van der Waals surface area contributed by atoms with Gasteiger partial charge in [0.1, 0.15) is 24.4 Å². The molecule has 5 N–H and O–H groups in total. The van der Waals surface area contributed by atoms with Gasteiger partial charge in [0, 0.05) is 5.56 Å². The summed E-state index contributed by atoms with van der Waals surface area (Å²) in [6.07, 6.45) is -5.97. The highest BCUT2D eigenvalue weighted by atomic mass is 16.7. The lowest BCUT2D eigenvalue weighted by atomic mass is 9.86. The number of nitriles is 1. The molecule has 0 amide bonds. The molecule has 0 unspecified atom stereocenters. The fourth-order valence-corrected chi connectivity index (χ4v) is 3.39. The Morgan fingerprint density at radius 1 is 1.07 bits per heavy atom. The van der Waals surface area contributed by atoms with Gasteiger partial charge in [-0.3, -0.25) is 0 Å². The minimum atomic E-state index is -2.35. The van der Waals surface area contributed by atoms with Gasteiger partial charge in [-0.1, -0.05) is 35.9 Å². The van der Waals surface area contributed by atoms with Crippen LogP contribution in [-0.2, 0) is 16.9 Å². The molecule has 1 aliphatic rings. The van der Waals surface area contributed by atoms with E-state index >= 15 is 0 Å². The molecular formula is C21H23NO6. The van der Waals surface area contributed by atoms with Crippen molar-refractivity contribution in [3.8, 4) is 6.07 Å². The second-order valence-electron chi connectivity index (χ2n) is 7.11. The zero-order chi connectivity index (χ0) is 20.5. The summed E-state index contributed by atoms with van der Waals surface area (Å²) in [5.74, 6) is -2.35. The van der Waals surface area contributed by atoms with E-state index in [9.17, 15) is 30.8 Å². The summed E-state index contributed by atoms with van der Waals surface area (Å²) in [6.45, 7) is 1.32. The molecule has 0 aromatic heterocycles. The van der Waals surface area contributed by atoms with Crippen LogP contribution in [0.5, 0.6) is 0 Å². The fraction of sp³-hybridized carbons (Fsp3) is 0.381. The van der Waals surface area contributed by atoms with Crippen LogP contribution < -0.4 is 0 Å². The molecule has 1 fully saturated rings. The second-order valence-corrected chi connectivity index (χ2v) is 7.11. The Morgan fingerprint density at radius 3 is 2.36 bits per heavy atom. The van der Waals surface area contributed by atoms with Crippen LogP contribution in [0.3, 0.4) is 0 Å². The monoisotopic (exact) mass is 385 g/mol. The first kappa shape index (κ1) is 20.4. The summed E-state index contributed by atoms with van der Waals surface area (Å²) in [6, 6.07) is 14.3. The summed E-state index contributed by atoms with van der Waals surface area (Å²) in [4.78, 5) is 0. The van der Waals surface area contributed by atoms with Gasteiger partial charge in [-0.15, -0.1) is 0 Å². The molecule has 0 radical (unpaired) electrons. The number of aliphatic hydroxyl groups excluding tert-OH is 4. The van der Waals surface area contributed by atoms with Gasteiger partial charge in [-0.05, 0) is 36.6 Å². The van der Waals surface area contributed by atoms with E-state index in [0.29, 0.717) is 17.5 Å². The third-order valence-corrected chi connectivity index (χ3v) is 5.12. The van der Waals surface area contributed by atoms with E-state index in [1.54, 1.807) is 0 Å². The Morgan fingerprint density at radius 2 is 1.75 bits per heavy atom. The number of nitrogens with zero attached hydrogens (tertiary/aromatic N) is 1. The van der Waals surface area contributed by atoms with Crippen molar-refractivity contribution in [2.75, 3.05) is 6.61 Å². The van der Waals surface area contributed by atoms with Gasteiger partial charge in [-0.2, -0.15) is 5.26 Å². The van der Waals surface area contributed by atoms with E-state index in [1.807, 2.05) is 31.2 Å². The lowest BCUT2D eigenvalue weighted by Crippen LogP contribution is -2.63. The van der Waals surface area contributed by atoms with Gasteiger partial charge in [0.05, 0.1) is 18.2 Å². The molecule has 0 spiro atoms. The highest BCUT2D eigenvalue weighted by Crippen LogP contribution is 2.37. The lowest BCUT2D eigenvalue weighted by Gasteiger charge is -2.45. The van der Waals surface area contributed by atoms with E-state index < -0.39 is 36.8 Å². The molecule has 3 rings (SSSR count). The molecule has 0 saturated carbocycles. The Kier molecular flexibility index (Phi) is 5.82. The van der Waals surface area contributed by atoms with Crippen molar-refractivity contribution in [2.45, 2.75) is 43.5 Å². The van der Waals surface area contributed by atoms with Crippen molar-refractivity contribution < 1.29 is 30.3 Å². The van der Waals surface area contributed by atoms with Crippen LogP contribution in [0.15, 0.2) is 42.5 Å². The average Bonchev–Trinajstić information content (AvgIpc) is 2.71. The molecule has 1 aliphatic heterocycles. The van der Waals surface area contributed by atoms with Crippen LogP contribution in [0.2, 0.25) is 0 Å². The van der Waals surface area contributed by atoms with Crippen molar-refractivity contribution in [3.63, 3.8) is 0 Å². The van der Waals surface area contributed by atoms with Crippen LogP contribution in [0.4, 0.5) is 0 Å². The summed E-state index contributed by atoms with van der Waals surface area (Å²) in [5.41, 5.74) is 3.19. The predicted molar refractivity (Wildman–Crippen MR) is 99.0 cm³/mol. The average molecular weight is 385 g/mol. The first-order valence-electron chi connectivity index (χ1n) is 8.94. The quantitative estimate of drug-likeness (QED) is 0.503. The molecule has 7 heteroatoms. The van der Waals surface area contributed by atoms with Crippen molar-refractivity contribution >= 4 is 0 Å². The highest BCUT2D eigenvalue weighted by molar-refractivity contribution is 5.44. The van der Waals surface area contributed by atoms with E-state index in [2.05, 4.69) is 6.07 Å². The topological polar surface area (TPSA) is 134 Å². The Labute approximate surface area is 162 Å². The molecule has 0 aliphatic carbocycles. The zero-order valence-electron chi connectivity index (χ0n) is 15.4. The molecule has 1 saturated heterocycles. The van der Waals surface area contributed by atoms with Gasteiger partial charge in [-0.25, -0.2) is 0 Å². The number of aliphatic hydroxyl groups is 5. The largest absolute Gasteiger partial charge is 0.394 e. The standard InChI is InChI=1S/C21H23NO6/c1-12-2-4-13(5-3-12)8-15-9-16(7-6-14(15)10-22)21(27)20(26)19(25)18(24)17(11-23)28-21/h2-7,9,17-20,23-27H,8,11H2,1H3/t17-,18-,19+,20-,21+/m1/s1. The zero-order valence-corrected chi connectivity index (χ0v) is 15.4. The fourth-order valence-electron chi connectivity index (χ4n) is 3.39. The van der Waals surface area contributed by atoms with E-state index in [-0.39, 0.29) is 5.56 Å². The van der Waals surface area contributed by atoms with Crippen molar-refractivity contribution in [2.24, 2.45) is 0 Å². The van der Waals surface area contributed by atoms with Gasteiger partial charge in [0.15, 0.2) is 0 Å². The van der Waals surface area contributed by atoms with E-state index in [4.69, 9.17) is 4.74 Å². The minimum Gasteiger partial charge on any atom is -0.394 e. The van der Waals surface area contributed by atoms with Crippen LogP contribution >= 0.6 is 0 Å². The Balaban J connectivity index is 2.00.